The summed E-state index contributed by atoms with van der Waals surface area (Å²) in [6.07, 6.45) is 3.38. The Labute approximate surface area is 214 Å². The van der Waals surface area contributed by atoms with Crippen molar-refractivity contribution in [2.75, 3.05) is 30.0 Å². The van der Waals surface area contributed by atoms with Crippen LogP contribution >= 0.6 is 0 Å². The van der Waals surface area contributed by atoms with Crippen LogP contribution in [0.25, 0.3) is 11.1 Å². The molecule has 190 valence electrons. The van der Waals surface area contributed by atoms with E-state index in [9.17, 15) is 18.8 Å². The Bertz CT molecular complexity index is 1410. The van der Waals surface area contributed by atoms with Gasteiger partial charge < -0.3 is 15.0 Å². The van der Waals surface area contributed by atoms with Crippen molar-refractivity contribution in [2.24, 2.45) is 5.41 Å². The minimum atomic E-state index is -3.15. The molecule has 9 heteroatoms. The Hall–Kier alpha value is -3.90. The van der Waals surface area contributed by atoms with Crippen molar-refractivity contribution in [1.82, 2.24) is 9.97 Å². The van der Waals surface area contributed by atoms with E-state index < -0.39 is 22.9 Å². The number of amides is 1. The summed E-state index contributed by atoms with van der Waals surface area (Å²) in [5, 5.41) is 12.7. The van der Waals surface area contributed by atoms with Gasteiger partial charge in [-0.2, -0.15) is 14.0 Å². The van der Waals surface area contributed by atoms with E-state index in [1.807, 2.05) is 26.0 Å². The van der Waals surface area contributed by atoms with Crippen LogP contribution in [0.1, 0.15) is 41.2 Å². The number of benzene rings is 1. The molecular formula is C28H27F2N5O2. The van der Waals surface area contributed by atoms with Crippen LogP contribution in [-0.4, -0.2) is 41.7 Å². The lowest BCUT2D eigenvalue weighted by atomic mass is 9.73. The number of hydrogen-bond donors (Lipinski definition) is 1. The quantitative estimate of drug-likeness (QED) is 0.532. The van der Waals surface area contributed by atoms with Crippen LogP contribution in [0.4, 0.5) is 20.2 Å². The van der Waals surface area contributed by atoms with E-state index in [0.717, 1.165) is 41.1 Å². The molecule has 1 N–H and O–H groups in total. The van der Waals surface area contributed by atoms with E-state index in [1.165, 1.54) is 12.3 Å². The van der Waals surface area contributed by atoms with E-state index in [0.29, 0.717) is 31.9 Å². The lowest BCUT2D eigenvalue weighted by Gasteiger charge is -2.49. The fraction of sp³-hybridized carbons (Fsp3) is 0.357. The van der Waals surface area contributed by atoms with Crippen molar-refractivity contribution < 1.29 is 18.3 Å². The largest absolute Gasteiger partial charge is 0.377 e. The molecule has 2 aliphatic rings. The maximum atomic E-state index is 13.7. The number of aromatic nitrogens is 2. The number of ether oxygens (including phenoxy) is 1. The summed E-state index contributed by atoms with van der Waals surface area (Å²) >= 11 is 0. The van der Waals surface area contributed by atoms with E-state index in [-0.39, 0.29) is 11.6 Å². The Morgan fingerprint density at radius 1 is 1.27 bits per heavy atom. The molecule has 0 bridgehead atoms. The van der Waals surface area contributed by atoms with Gasteiger partial charge in [-0.05, 0) is 55.7 Å². The van der Waals surface area contributed by atoms with Crippen LogP contribution in [0.2, 0.25) is 0 Å². The van der Waals surface area contributed by atoms with E-state index in [2.05, 4.69) is 38.4 Å². The second kappa shape index (κ2) is 9.20. The van der Waals surface area contributed by atoms with Crippen LogP contribution in [0.3, 0.4) is 0 Å². The highest BCUT2D eigenvalue weighted by atomic mass is 19.3. The maximum absolute atomic E-state index is 13.7. The number of alkyl halides is 2. The smallest absolute Gasteiger partial charge is 0.286 e. The minimum absolute atomic E-state index is 0.0282. The lowest BCUT2D eigenvalue weighted by Crippen LogP contribution is -2.57. The molecule has 0 radical (unpaired) electrons. The fourth-order valence-electron chi connectivity index (χ4n) is 5.10. The number of carbonyl (C=O) groups excluding carboxylic acids is 1. The van der Waals surface area contributed by atoms with Gasteiger partial charge in [0.2, 0.25) is 0 Å². The van der Waals surface area contributed by atoms with Gasteiger partial charge >= 0.3 is 0 Å². The molecule has 0 saturated carbocycles. The molecule has 4 heterocycles. The van der Waals surface area contributed by atoms with Crippen LogP contribution in [0.15, 0.2) is 48.8 Å². The fourth-order valence-corrected chi connectivity index (χ4v) is 5.10. The zero-order valence-electron chi connectivity index (χ0n) is 20.9. The molecule has 37 heavy (non-hydrogen) atoms. The number of carbonyl (C=O) groups is 1. The van der Waals surface area contributed by atoms with Gasteiger partial charge in [-0.3, -0.25) is 14.8 Å². The standard InChI is InChI=1S/C28H27F2N5O2/c1-17-22(12-21(14-33-17)34-26(36)19-6-7-32-24(11-19)28(3,29)30)18-4-5-20-13-27(2,16-31)25-15-37-9-8-35(25)23(20)10-18/h4-7,10-12,14,25H,8-9,13,15H2,1-3H3,(H,34,36)/t25?,27-/m0/s1. The normalized spacial score (nSPS) is 21.0. The first kappa shape index (κ1) is 24.8. The molecule has 7 nitrogen and oxygen atoms in total. The molecule has 5 rings (SSSR count). The molecule has 1 saturated heterocycles. The highest BCUT2D eigenvalue weighted by molar-refractivity contribution is 6.04. The zero-order valence-corrected chi connectivity index (χ0v) is 20.9. The van der Waals surface area contributed by atoms with E-state index in [4.69, 9.17) is 4.74 Å². The summed E-state index contributed by atoms with van der Waals surface area (Å²) in [6, 6.07) is 13.0. The summed E-state index contributed by atoms with van der Waals surface area (Å²) in [4.78, 5) is 23.2. The third-order valence-electron chi connectivity index (χ3n) is 7.20. The zero-order chi connectivity index (χ0) is 26.4. The molecule has 2 aliphatic heterocycles. The highest BCUT2D eigenvalue weighted by Gasteiger charge is 2.45. The molecular weight excluding hydrogens is 476 g/mol. The van der Waals surface area contributed by atoms with Crippen molar-refractivity contribution in [3.63, 3.8) is 0 Å². The van der Waals surface area contributed by atoms with Gasteiger partial charge in [-0.15, -0.1) is 0 Å². The summed E-state index contributed by atoms with van der Waals surface area (Å²) < 4.78 is 33.0. The number of morpholine rings is 1. The summed E-state index contributed by atoms with van der Waals surface area (Å²) in [7, 11) is 0. The summed E-state index contributed by atoms with van der Waals surface area (Å²) in [5.74, 6) is -3.67. The van der Waals surface area contributed by atoms with Gasteiger partial charge in [-0.1, -0.05) is 12.1 Å². The molecule has 1 fully saturated rings. The van der Waals surface area contributed by atoms with Crippen LogP contribution < -0.4 is 10.2 Å². The molecule has 3 aromatic rings. The van der Waals surface area contributed by atoms with Crippen molar-refractivity contribution in [3.05, 3.63) is 71.3 Å². The number of nitriles is 1. The third-order valence-corrected chi connectivity index (χ3v) is 7.20. The number of nitrogens with zero attached hydrogens (tertiary/aromatic N) is 4. The van der Waals surface area contributed by atoms with Crippen LogP contribution in [0, 0.1) is 23.7 Å². The highest BCUT2D eigenvalue weighted by Crippen LogP contribution is 2.44. The monoisotopic (exact) mass is 503 g/mol. The molecule has 0 aliphatic carbocycles. The minimum Gasteiger partial charge on any atom is -0.377 e. The number of halogens is 2. The number of anilines is 2. The predicted molar refractivity (Wildman–Crippen MR) is 136 cm³/mol. The van der Waals surface area contributed by atoms with Crippen molar-refractivity contribution >= 4 is 17.3 Å². The molecule has 0 spiro atoms. The predicted octanol–water partition coefficient (Wildman–Crippen LogP) is 5.11. The number of aryl methyl sites for hydroxylation is 1. The van der Waals surface area contributed by atoms with Crippen molar-refractivity contribution in [2.45, 2.75) is 39.2 Å². The SMILES string of the molecule is Cc1ncc(NC(=O)c2ccnc(C(C)(F)F)c2)cc1-c1ccc2c(c1)N1CCOCC1[C@](C)(C#N)C2. The maximum Gasteiger partial charge on any atom is 0.286 e. The topological polar surface area (TPSA) is 91.1 Å². The Balaban J connectivity index is 1.45. The first-order valence-electron chi connectivity index (χ1n) is 12.1. The first-order valence-corrected chi connectivity index (χ1v) is 12.1. The number of pyridine rings is 2. The van der Waals surface area contributed by atoms with Gasteiger partial charge in [0.15, 0.2) is 0 Å². The van der Waals surface area contributed by atoms with Crippen LogP contribution in [0.5, 0.6) is 0 Å². The molecule has 2 atom stereocenters. The van der Waals surface area contributed by atoms with Crippen molar-refractivity contribution in [3.8, 4) is 17.2 Å². The second-order valence-corrected chi connectivity index (χ2v) is 9.96. The molecule has 1 amide bonds. The Morgan fingerprint density at radius 2 is 2.08 bits per heavy atom. The Kier molecular flexibility index (Phi) is 6.16. The third kappa shape index (κ3) is 4.65. The van der Waals surface area contributed by atoms with Gasteiger partial charge in [0.1, 0.15) is 5.69 Å². The molecule has 1 aromatic carbocycles. The molecule has 1 unspecified atom stereocenters. The van der Waals surface area contributed by atoms with Gasteiger partial charge in [0, 0.05) is 42.2 Å². The second-order valence-electron chi connectivity index (χ2n) is 9.96. The summed E-state index contributed by atoms with van der Waals surface area (Å²) in [5.41, 5.74) is 4.28. The van der Waals surface area contributed by atoms with Crippen LogP contribution in [-0.2, 0) is 17.1 Å². The van der Waals surface area contributed by atoms with Gasteiger partial charge in [-0.25, -0.2) is 0 Å². The average Bonchev–Trinajstić information content (AvgIpc) is 2.89. The first-order chi connectivity index (χ1) is 17.6. The number of nitrogens with one attached hydrogen (secondary N) is 1. The van der Waals surface area contributed by atoms with Gasteiger partial charge in [0.05, 0.1) is 42.6 Å². The van der Waals surface area contributed by atoms with Gasteiger partial charge in [0.25, 0.3) is 11.8 Å². The number of fused-ring (bicyclic) bond motifs is 3. The molecule has 2 aromatic heterocycles. The van der Waals surface area contributed by atoms with E-state index in [1.54, 1.807) is 6.20 Å². The lowest BCUT2D eigenvalue weighted by molar-refractivity contribution is 0.0127. The number of rotatable bonds is 4. The average molecular weight is 504 g/mol. The van der Waals surface area contributed by atoms with E-state index >= 15 is 0 Å². The summed E-state index contributed by atoms with van der Waals surface area (Å²) in [6.45, 7) is 6.44. The van der Waals surface area contributed by atoms with Crippen molar-refractivity contribution in [1.29, 1.82) is 5.26 Å². The Morgan fingerprint density at radius 3 is 2.84 bits per heavy atom. The number of hydrogen-bond acceptors (Lipinski definition) is 6.